The molecule has 1 atom stereocenters. The first-order valence-electron chi connectivity index (χ1n) is 14.9. The molecule has 2 aliphatic rings. The molecule has 0 bridgehead atoms. The van der Waals surface area contributed by atoms with Crippen molar-refractivity contribution in [2.45, 2.75) is 91.5 Å². The average Bonchev–Trinajstić information content (AvgIpc) is 3.58. The van der Waals surface area contributed by atoms with Crippen LogP contribution in [0.3, 0.4) is 0 Å². The van der Waals surface area contributed by atoms with E-state index < -0.39 is 23.4 Å². The highest BCUT2D eigenvalue weighted by atomic mass is 19.1. The summed E-state index contributed by atoms with van der Waals surface area (Å²) in [6.07, 6.45) is 1.72. The van der Waals surface area contributed by atoms with E-state index in [1.807, 2.05) is 37.2 Å². The number of fused-ring (bicyclic) bond motifs is 1. The van der Waals surface area contributed by atoms with Crippen LogP contribution in [0.15, 0.2) is 16.9 Å². The molecule has 4 rings (SSSR count). The van der Waals surface area contributed by atoms with Crippen molar-refractivity contribution in [3.05, 3.63) is 39.4 Å². The Morgan fingerprint density at radius 2 is 1.62 bits per heavy atom. The predicted octanol–water partition coefficient (Wildman–Crippen LogP) is 4.75. The Balaban J connectivity index is 1.49. The highest BCUT2D eigenvalue weighted by Gasteiger charge is 2.31. The third-order valence-corrected chi connectivity index (χ3v) is 7.32. The molecule has 232 valence electrons. The molecule has 0 radical (unpaired) electrons. The highest BCUT2D eigenvalue weighted by Crippen LogP contribution is 2.40. The number of hydrogen-bond donors (Lipinski definition) is 3. The Morgan fingerprint density at radius 1 is 0.976 bits per heavy atom. The van der Waals surface area contributed by atoms with Crippen molar-refractivity contribution >= 4 is 28.8 Å². The van der Waals surface area contributed by atoms with Gasteiger partial charge < -0.3 is 34.9 Å². The number of ether oxygens (including phenoxy) is 2. The van der Waals surface area contributed by atoms with Gasteiger partial charge in [0, 0.05) is 56.8 Å². The van der Waals surface area contributed by atoms with Gasteiger partial charge in [0.2, 0.25) is 0 Å². The van der Waals surface area contributed by atoms with Gasteiger partial charge >= 0.3 is 12.2 Å². The normalized spacial score (nSPS) is 17.4. The summed E-state index contributed by atoms with van der Waals surface area (Å²) in [6.45, 7) is 15.6. The minimum absolute atomic E-state index is 0.0878. The van der Waals surface area contributed by atoms with Gasteiger partial charge in [0.15, 0.2) is 0 Å². The SMILES string of the molecule is Cc1c(N2CCC(CNC(=O)OC(C)(C)C)C2)c(F)cc2c(CNCCNC(=O)OC(C)(C)C)cc(=O)n(C3CC3)c12. The topological polar surface area (TPSA) is 114 Å². The van der Waals surface area contributed by atoms with Crippen molar-refractivity contribution < 1.29 is 23.5 Å². The molecule has 1 aromatic heterocycles. The van der Waals surface area contributed by atoms with Crippen LogP contribution < -0.4 is 26.4 Å². The fraction of sp³-hybridized carbons (Fsp3) is 0.645. The molecule has 1 aromatic carbocycles. The molecule has 2 fully saturated rings. The van der Waals surface area contributed by atoms with Crippen LogP contribution >= 0.6 is 0 Å². The van der Waals surface area contributed by atoms with Crippen LogP contribution in [0, 0.1) is 18.7 Å². The number of anilines is 1. The lowest BCUT2D eigenvalue weighted by Crippen LogP contribution is -2.36. The van der Waals surface area contributed by atoms with Gasteiger partial charge in [0.05, 0.1) is 11.2 Å². The molecule has 2 amide bonds. The van der Waals surface area contributed by atoms with Gasteiger partial charge in [-0.1, -0.05) is 0 Å². The molecule has 1 unspecified atom stereocenters. The summed E-state index contributed by atoms with van der Waals surface area (Å²) in [7, 11) is 0. The van der Waals surface area contributed by atoms with E-state index in [0.29, 0.717) is 45.0 Å². The maximum Gasteiger partial charge on any atom is 0.407 e. The van der Waals surface area contributed by atoms with Crippen LogP contribution in [0.25, 0.3) is 10.9 Å². The largest absolute Gasteiger partial charge is 0.444 e. The van der Waals surface area contributed by atoms with Gasteiger partial charge in [-0.2, -0.15) is 0 Å². The molecular formula is C31H46FN5O5. The number of benzene rings is 1. The smallest absolute Gasteiger partial charge is 0.407 e. The molecule has 2 aromatic rings. The zero-order valence-electron chi connectivity index (χ0n) is 26.0. The number of carbonyl (C=O) groups is 2. The Hall–Kier alpha value is -3.34. The molecule has 0 spiro atoms. The van der Waals surface area contributed by atoms with Crippen molar-refractivity contribution in [3.63, 3.8) is 0 Å². The first kappa shape index (κ1) is 31.6. The van der Waals surface area contributed by atoms with Crippen LogP contribution in [-0.2, 0) is 16.0 Å². The number of pyridine rings is 1. The summed E-state index contributed by atoms with van der Waals surface area (Å²) < 4.78 is 28.3. The number of halogens is 1. The zero-order chi connectivity index (χ0) is 30.8. The van der Waals surface area contributed by atoms with E-state index in [1.165, 1.54) is 0 Å². The van der Waals surface area contributed by atoms with Gasteiger partial charge in [-0.15, -0.1) is 0 Å². The van der Waals surface area contributed by atoms with Crippen LogP contribution in [0.1, 0.15) is 78.0 Å². The molecule has 3 N–H and O–H groups in total. The van der Waals surface area contributed by atoms with E-state index in [0.717, 1.165) is 41.3 Å². The second-order valence-corrected chi connectivity index (χ2v) is 13.4. The number of carbonyl (C=O) groups excluding carboxylic acids is 2. The van der Waals surface area contributed by atoms with Crippen molar-refractivity contribution in [3.8, 4) is 0 Å². The molecule has 10 nitrogen and oxygen atoms in total. The highest BCUT2D eigenvalue weighted by molar-refractivity contribution is 5.90. The Morgan fingerprint density at radius 3 is 2.24 bits per heavy atom. The summed E-state index contributed by atoms with van der Waals surface area (Å²) in [5.74, 6) is -0.169. The minimum Gasteiger partial charge on any atom is -0.444 e. The lowest BCUT2D eigenvalue weighted by Gasteiger charge is -2.25. The Kier molecular flexibility index (Phi) is 9.39. The first-order valence-corrected chi connectivity index (χ1v) is 14.9. The van der Waals surface area contributed by atoms with Crippen molar-refractivity contribution in [1.82, 2.24) is 20.5 Å². The standard InChI is InChI=1S/C31H46FN5O5/c1-19-26-23(15-24(32)27(19)36-13-10-20(18-36)16-35-29(40)42-31(5,6)7)21(14-25(38)37(26)22-8-9-22)17-33-11-12-34-28(39)41-30(2,3)4/h14-15,20,22,33H,8-13,16-18H2,1-7H3,(H,34,39)(H,35,40). The maximum absolute atomic E-state index is 15.9. The number of rotatable bonds is 9. The van der Waals surface area contributed by atoms with Gasteiger partial charge in [-0.25, -0.2) is 14.0 Å². The maximum atomic E-state index is 15.9. The lowest BCUT2D eigenvalue weighted by atomic mass is 10.0. The first-order chi connectivity index (χ1) is 19.6. The van der Waals surface area contributed by atoms with Gasteiger partial charge in [-0.05, 0) is 90.8 Å². The van der Waals surface area contributed by atoms with Gasteiger partial charge in [-0.3, -0.25) is 4.79 Å². The summed E-state index contributed by atoms with van der Waals surface area (Å²) >= 11 is 0. The Labute approximate surface area is 247 Å². The monoisotopic (exact) mass is 587 g/mol. The number of aromatic nitrogens is 1. The van der Waals surface area contributed by atoms with E-state index in [4.69, 9.17) is 9.47 Å². The number of hydrogen-bond acceptors (Lipinski definition) is 7. The molecule has 42 heavy (non-hydrogen) atoms. The molecule has 11 heteroatoms. The van der Waals surface area contributed by atoms with Crippen LogP contribution in [0.4, 0.5) is 19.7 Å². The second-order valence-electron chi connectivity index (χ2n) is 13.4. The predicted molar refractivity (Wildman–Crippen MR) is 162 cm³/mol. The summed E-state index contributed by atoms with van der Waals surface area (Å²) in [6, 6.07) is 3.28. The number of nitrogens with one attached hydrogen (secondary N) is 3. The zero-order valence-corrected chi connectivity index (χ0v) is 26.0. The van der Waals surface area contributed by atoms with Crippen LogP contribution in [0.5, 0.6) is 0 Å². The number of nitrogens with zero attached hydrogens (tertiary/aromatic N) is 2. The van der Waals surface area contributed by atoms with E-state index in [2.05, 4.69) is 16.0 Å². The Bertz CT molecular complexity index is 1370. The summed E-state index contributed by atoms with van der Waals surface area (Å²) in [5, 5.41) is 9.52. The van der Waals surface area contributed by atoms with Gasteiger partial charge in [0.1, 0.15) is 17.0 Å². The lowest BCUT2D eigenvalue weighted by molar-refractivity contribution is 0.0512. The van der Waals surface area contributed by atoms with E-state index >= 15 is 4.39 Å². The fourth-order valence-electron chi connectivity index (χ4n) is 5.48. The average molecular weight is 588 g/mol. The van der Waals surface area contributed by atoms with Gasteiger partial charge in [0.25, 0.3) is 5.56 Å². The summed E-state index contributed by atoms with van der Waals surface area (Å²) in [5.41, 5.74) is 1.54. The molecule has 1 saturated heterocycles. The molecule has 1 aliphatic carbocycles. The van der Waals surface area contributed by atoms with E-state index in [-0.39, 0.29) is 23.3 Å². The van der Waals surface area contributed by atoms with E-state index in [9.17, 15) is 14.4 Å². The van der Waals surface area contributed by atoms with Crippen molar-refractivity contribution in [2.75, 3.05) is 37.6 Å². The molecular weight excluding hydrogens is 541 g/mol. The quantitative estimate of drug-likeness (QED) is 0.363. The number of aryl methyl sites for hydroxylation is 1. The molecule has 1 saturated carbocycles. The van der Waals surface area contributed by atoms with Crippen LogP contribution in [0.2, 0.25) is 0 Å². The van der Waals surface area contributed by atoms with Crippen molar-refractivity contribution in [1.29, 1.82) is 0 Å². The number of amides is 2. The molecule has 2 heterocycles. The van der Waals surface area contributed by atoms with Crippen molar-refractivity contribution in [2.24, 2.45) is 5.92 Å². The number of alkyl carbamates (subject to hydrolysis) is 2. The molecule has 1 aliphatic heterocycles. The summed E-state index contributed by atoms with van der Waals surface area (Å²) in [4.78, 5) is 39.4. The minimum atomic E-state index is -0.574. The van der Waals surface area contributed by atoms with Crippen LogP contribution in [-0.4, -0.2) is 60.7 Å². The second kappa shape index (κ2) is 12.5. The van der Waals surface area contributed by atoms with E-state index in [1.54, 1.807) is 32.9 Å². The fourth-order valence-corrected chi connectivity index (χ4v) is 5.48. The third kappa shape index (κ3) is 8.14. The third-order valence-electron chi connectivity index (χ3n) is 7.32.